The largest absolute Gasteiger partial charge is 0.378 e. The zero-order chi connectivity index (χ0) is 13.7. The average Bonchev–Trinajstić information content (AvgIpc) is 2.28. The molecule has 18 heavy (non-hydrogen) atoms. The zero-order valence-corrected chi connectivity index (χ0v) is 10.8. The Bertz CT molecular complexity index is 423. The van der Waals surface area contributed by atoms with E-state index in [9.17, 15) is 10.1 Å². The quantitative estimate of drug-likeness (QED) is 0.568. The van der Waals surface area contributed by atoms with Gasteiger partial charge in [-0.25, -0.2) is 9.97 Å². The van der Waals surface area contributed by atoms with Crippen molar-refractivity contribution in [2.75, 3.05) is 31.2 Å². The Morgan fingerprint density at radius 2 is 2.22 bits per heavy atom. The highest BCUT2D eigenvalue weighted by molar-refractivity contribution is 5.67. The van der Waals surface area contributed by atoms with Crippen molar-refractivity contribution in [1.29, 1.82) is 0 Å². The average molecular weight is 254 g/mol. The zero-order valence-electron chi connectivity index (χ0n) is 10.8. The van der Waals surface area contributed by atoms with E-state index in [1.54, 1.807) is 0 Å². The van der Waals surface area contributed by atoms with Gasteiger partial charge in [-0.15, -0.1) is 0 Å². The van der Waals surface area contributed by atoms with Crippen LogP contribution in [0.3, 0.4) is 0 Å². The van der Waals surface area contributed by atoms with Crippen molar-refractivity contribution < 1.29 is 4.92 Å². The van der Waals surface area contributed by atoms with Gasteiger partial charge >= 0.3 is 5.69 Å². The molecule has 0 bridgehead atoms. The predicted octanol–water partition coefficient (Wildman–Crippen LogP) is 0.719. The Kier molecular flexibility index (Phi) is 4.78. The van der Waals surface area contributed by atoms with Crippen LogP contribution in [0, 0.1) is 10.1 Å². The lowest BCUT2D eigenvalue weighted by Gasteiger charge is -2.20. The molecule has 0 aliphatic carbocycles. The Hall–Kier alpha value is -1.96. The molecule has 1 aromatic rings. The third kappa shape index (κ3) is 3.52. The number of hydrogen-bond donors (Lipinski definition) is 2. The maximum atomic E-state index is 10.8. The molecule has 0 saturated carbocycles. The number of nitrogens with zero attached hydrogens (tertiary/aromatic N) is 4. The summed E-state index contributed by atoms with van der Waals surface area (Å²) in [6.07, 6.45) is 1.21. The second kappa shape index (κ2) is 6.10. The highest BCUT2D eigenvalue weighted by Crippen LogP contribution is 2.25. The van der Waals surface area contributed by atoms with Crippen LogP contribution in [-0.4, -0.2) is 46.0 Å². The number of rotatable bonds is 6. The third-order valence-electron chi connectivity index (χ3n) is 2.67. The first-order chi connectivity index (χ1) is 8.43. The van der Waals surface area contributed by atoms with E-state index in [4.69, 9.17) is 5.73 Å². The molecule has 3 N–H and O–H groups in total. The van der Waals surface area contributed by atoms with Gasteiger partial charge in [0, 0.05) is 19.1 Å². The topological polar surface area (TPSA) is 110 Å². The van der Waals surface area contributed by atoms with Crippen molar-refractivity contribution in [2.45, 2.75) is 19.9 Å². The lowest BCUT2D eigenvalue weighted by atomic mass is 10.3. The maximum Gasteiger partial charge on any atom is 0.352 e. The van der Waals surface area contributed by atoms with Gasteiger partial charge in [-0.3, -0.25) is 10.1 Å². The summed E-state index contributed by atoms with van der Waals surface area (Å²) < 4.78 is 0. The molecule has 0 fully saturated rings. The fourth-order valence-corrected chi connectivity index (χ4v) is 1.31. The van der Waals surface area contributed by atoms with Crippen molar-refractivity contribution in [1.82, 2.24) is 14.9 Å². The highest BCUT2D eigenvalue weighted by atomic mass is 16.6. The highest BCUT2D eigenvalue weighted by Gasteiger charge is 2.20. The summed E-state index contributed by atoms with van der Waals surface area (Å²) >= 11 is 0. The van der Waals surface area contributed by atoms with Gasteiger partial charge < -0.3 is 16.0 Å². The van der Waals surface area contributed by atoms with E-state index in [0.29, 0.717) is 12.6 Å². The SMILES string of the molecule is CC(C)N(C)CCNc1ncnc(N)c1[N+](=O)[O-]. The number of anilines is 2. The molecule has 0 saturated heterocycles. The number of nitrogens with two attached hydrogens (primary N) is 1. The van der Waals surface area contributed by atoms with Crippen LogP contribution in [0.5, 0.6) is 0 Å². The van der Waals surface area contributed by atoms with Gasteiger partial charge in [-0.2, -0.15) is 0 Å². The van der Waals surface area contributed by atoms with Gasteiger partial charge in [0.1, 0.15) is 6.33 Å². The molecular formula is C10H18N6O2. The molecule has 0 unspecified atom stereocenters. The first-order valence-electron chi connectivity index (χ1n) is 5.62. The Morgan fingerprint density at radius 1 is 1.56 bits per heavy atom. The smallest absolute Gasteiger partial charge is 0.352 e. The minimum atomic E-state index is -0.580. The van der Waals surface area contributed by atoms with Crippen LogP contribution in [0.4, 0.5) is 17.3 Å². The first kappa shape index (κ1) is 14.1. The number of nitrogen functional groups attached to an aromatic ring is 1. The fourth-order valence-electron chi connectivity index (χ4n) is 1.31. The van der Waals surface area contributed by atoms with E-state index < -0.39 is 4.92 Å². The number of likely N-dealkylation sites (N-methyl/N-ethyl adjacent to an activating group) is 1. The summed E-state index contributed by atoms with van der Waals surface area (Å²) in [5.74, 6) is 0.0272. The van der Waals surface area contributed by atoms with E-state index in [1.165, 1.54) is 6.33 Å². The molecule has 0 radical (unpaired) electrons. The lowest BCUT2D eigenvalue weighted by molar-refractivity contribution is -0.383. The maximum absolute atomic E-state index is 10.8. The van der Waals surface area contributed by atoms with E-state index in [-0.39, 0.29) is 17.3 Å². The van der Waals surface area contributed by atoms with Crippen LogP contribution in [0.25, 0.3) is 0 Å². The van der Waals surface area contributed by atoms with E-state index >= 15 is 0 Å². The molecule has 1 heterocycles. The molecule has 0 aliphatic heterocycles. The van der Waals surface area contributed by atoms with Crippen LogP contribution < -0.4 is 11.1 Å². The first-order valence-corrected chi connectivity index (χ1v) is 5.62. The van der Waals surface area contributed by atoms with Crippen LogP contribution in [0.15, 0.2) is 6.33 Å². The molecule has 8 heteroatoms. The molecule has 0 spiro atoms. The van der Waals surface area contributed by atoms with Gasteiger partial charge in [0.15, 0.2) is 0 Å². The van der Waals surface area contributed by atoms with Gasteiger partial charge in [0.25, 0.3) is 0 Å². The number of nitrogens with one attached hydrogen (secondary N) is 1. The van der Waals surface area contributed by atoms with Gasteiger partial charge in [-0.1, -0.05) is 0 Å². The van der Waals surface area contributed by atoms with Crippen LogP contribution in [0.2, 0.25) is 0 Å². The van der Waals surface area contributed by atoms with Gasteiger partial charge in [0.05, 0.1) is 4.92 Å². The van der Waals surface area contributed by atoms with E-state index in [2.05, 4.69) is 34.0 Å². The molecule has 0 aliphatic rings. The summed E-state index contributed by atoms with van der Waals surface area (Å²) in [5.41, 5.74) is 5.19. The minimum absolute atomic E-state index is 0.130. The standard InChI is InChI=1S/C10H18N6O2/c1-7(2)15(3)5-4-12-10-8(16(17)18)9(11)13-6-14-10/h6-7H,4-5H2,1-3H3,(H3,11,12,13,14). The monoisotopic (exact) mass is 254 g/mol. The summed E-state index contributed by atoms with van der Waals surface area (Å²) in [7, 11) is 1.98. The van der Waals surface area contributed by atoms with Crippen molar-refractivity contribution in [3.8, 4) is 0 Å². The second-order valence-electron chi connectivity index (χ2n) is 4.21. The van der Waals surface area contributed by atoms with E-state index in [0.717, 1.165) is 6.54 Å². The fraction of sp³-hybridized carbons (Fsp3) is 0.600. The van der Waals surface area contributed by atoms with Crippen molar-refractivity contribution in [2.24, 2.45) is 0 Å². The Labute approximate surface area is 105 Å². The van der Waals surface area contributed by atoms with Gasteiger partial charge in [-0.05, 0) is 20.9 Å². The minimum Gasteiger partial charge on any atom is -0.378 e. The molecule has 100 valence electrons. The molecular weight excluding hydrogens is 236 g/mol. The molecule has 0 aromatic carbocycles. The molecule has 0 atom stereocenters. The molecule has 1 aromatic heterocycles. The number of nitro groups is 1. The lowest BCUT2D eigenvalue weighted by Crippen LogP contribution is -2.31. The second-order valence-corrected chi connectivity index (χ2v) is 4.21. The molecule has 1 rings (SSSR count). The Morgan fingerprint density at radius 3 is 2.78 bits per heavy atom. The Balaban J connectivity index is 2.68. The number of aromatic nitrogens is 2. The van der Waals surface area contributed by atoms with E-state index in [1.807, 2.05) is 7.05 Å². The normalized spacial score (nSPS) is 10.9. The predicted molar refractivity (Wildman–Crippen MR) is 69.4 cm³/mol. The van der Waals surface area contributed by atoms with Crippen LogP contribution in [0.1, 0.15) is 13.8 Å². The van der Waals surface area contributed by atoms with Crippen molar-refractivity contribution >= 4 is 17.3 Å². The van der Waals surface area contributed by atoms with Crippen LogP contribution >= 0.6 is 0 Å². The number of hydrogen-bond acceptors (Lipinski definition) is 7. The van der Waals surface area contributed by atoms with Crippen LogP contribution in [-0.2, 0) is 0 Å². The summed E-state index contributed by atoms with van der Waals surface area (Å²) in [6, 6.07) is 0.414. The summed E-state index contributed by atoms with van der Waals surface area (Å²) in [6.45, 7) is 5.45. The van der Waals surface area contributed by atoms with Gasteiger partial charge in [0.2, 0.25) is 11.6 Å². The molecule has 0 amide bonds. The summed E-state index contributed by atoms with van der Waals surface area (Å²) in [4.78, 5) is 19.8. The summed E-state index contributed by atoms with van der Waals surface area (Å²) in [5, 5.41) is 13.7. The van der Waals surface area contributed by atoms with Crippen molar-refractivity contribution in [3.05, 3.63) is 16.4 Å². The molecule has 8 nitrogen and oxygen atoms in total. The third-order valence-corrected chi connectivity index (χ3v) is 2.67. The van der Waals surface area contributed by atoms with Crippen molar-refractivity contribution in [3.63, 3.8) is 0 Å².